The van der Waals surface area contributed by atoms with Crippen LogP contribution in [0.3, 0.4) is 0 Å². The molecular weight excluding hydrogens is 260 g/mol. The van der Waals surface area contributed by atoms with Gasteiger partial charge >= 0.3 is 0 Å². The first-order valence-electron chi connectivity index (χ1n) is 8.44. The molecule has 1 N–H and O–H groups in total. The van der Waals surface area contributed by atoms with Gasteiger partial charge in [0.2, 0.25) is 0 Å². The Morgan fingerprint density at radius 2 is 1.95 bits per heavy atom. The van der Waals surface area contributed by atoms with Crippen molar-refractivity contribution in [3.05, 3.63) is 29.8 Å². The maximum atomic E-state index is 5.62. The van der Waals surface area contributed by atoms with E-state index in [1.165, 1.54) is 24.9 Å². The van der Waals surface area contributed by atoms with Crippen LogP contribution in [0.2, 0.25) is 0 Å². The van der Waals surface area contributed by atoms with E-state index in [1.807, 2.05) is 0 Å². The van der Waals surface area contributed by atoms with Crippen molar-refractivity contribution in [3.8, 4) is 5.75 Å². The average molecular weight is 290 g/mol. The molecule has 0 saturated heterocycles. The highest BCUT2D eigenvalue weighted by molar-refractivity contribution is 5.28. The molecule has 0 bridgehead atoms. The van der Waals surface area contributed by atoms with E-state index in [9.17, 15) is 0 Å². The Hall–Kier alpha value is -1.06. The molecule has 1 aliphatic carbocycles. The number of hydrogen-bond acceptors (Lipinski definition) is 3. The van der Waals surface area contributed by atoms with Crippen molar-refractivity contribution in [2.24, 2.45) is 0 Å². The number of hydrogen-bond donors (Lipinski definition) is 1. The Balaban J connectivity index is 1.73. The highest BCUT2D eigenvalue weighted by Gasteiger charge is 2.27. The summed E-state index contributed by atoms with van der Waals surface area (Å²) in [6.07, 6.45) is 3.83. The van der Waals surface area contributed by atoms with Crippen LogP contribution >= 0.6 is 0 Å². The predicted octanol–water partition coefficient (Wildman–Crippen LogP) is 3.61. The van der Waals surface area contributed by atoms with E-state index >= 15 is 0 Å². The molecule has 118 valence electrons. The zero-order valence-corrected chi connectivity index (χ0v) is 13.8. The lowest BCUT2D eigenvalue weighted by Gasteiger charge is -2.22. The van der Waals surface area contributed by atoms with Gasteiger partial charge in [0.1, 0.15) is 5.75 Å². The van der Waals surface area contributed by atoms with Gasteiger partial charge in [-0.1, -0.05) is 26.0 Å². The monoisotopic (exact) mass is 290 g/mol. The zero-order chi connectivity index (χ0) is 15.1. The van der Waals surface area contributed by atoms with E-state index in [4.69, 9.17) is 4.74 Å². The molecule has 0 aromatic heterocycles. The van der Waals surface area contributed by atoms with E-state index in [1.54, 1.807) is 0 Å². The predicted molar refractivity (Wildman–Crippen MR) is 88.9 cm³/mol. The summed E-state index contributed by atoms with van der Waals surface area (Å²) in [4.78, 5) is 2.58. The second kappa shape index (κ2) is 8.40. The summed E-state index contributed by atoms with van der Waals surface area (Å²) in [6.45, 7) is 10.8. The second-order valence-electron chi connectivity index (χ2n) is 5.95. The van der Waals surface area contributed by atoms with Crippen molar-refractivity contribution in [2.45, 2.75) is 52.1 Å². The molecule has 1 unspecified atom stereocenters. The van der Waals surface area contributed by atoms with Gasteiger partial charge in [0.05, 0.1) is 6.61 Å². The van der Waals surface area contributed by atoms with Gasteiger partial charge in [0.25, 0.3) is 0 Å². The van der Waals surface area contributed by atoms with Crippen molar-refractivity contribution in [1.29, 1.82) is 0 Å². The average Bonchev–Trinajstić information content (AvgIpc) is 3.34. The Labute approximate surface area is 129 Å². The lowest BCUT2D eigenvalue weighted by molar-refractivity contribution is 0.273. The minimum absolute atomic E-state index is 0.392. The summed E-state index contributed by atoms with van der Waals surface area (Å²) in [7, 11) is 0. The van der Waals surface area contributed by atoms with Crippen LogP contribution in [0.1, 0.15) is 51.6 Å². The number of ether oxygens (including phenoxy) is 1. The largest absolute Gasteiger partial charge is 0.494 e. The van der Waals surface area contributed by atoms with E-state index < -0.39 is 0 Å². The number of nitrogens with zero attached hydrogens (tertiary/aromatic N) is 1. The molecule has 21 heavy (non-hydrogen) atoms. The molecule has 0 aliphatic heterocycles. The summed E-state index contributed by atoms with van der Waals surface area (Å²) < 4.78 is 5.62. The molecule has 0 heterocycles. The molecular formula is C18H30N2O. The van der Waals surface area contributed by atoms with Gasteiger partial charge in [-0.2, -0.15) is 0 Å². The topological polar surface area (TPSA) is 24.5 Å². The summed E-state index contributed by atoms with van der Waals surface area (Å²) in [6, 6.07) is 9.74. The van der Waals surface area contributed by atoms with Crippen molar-refractivity contribution in [1.82, 2.24) is 10.2 Å². The van der Waals surface area contributed by atoms with Crippen LogP contribution in [0.15, 0.2) is 24.3 Å². The van der Waals surface area contributed by atoms with E-state index in [0.717, 1.165) is 37.9 Å². The lowest BCUT2D eigenvalue weighted by Crippen LogP contribution is -2.34. The molecule has 3 heteroatoms. The molecule has 1 aliphatic rings. The van der Waals surface area contributed by atoms with Crippen LogP contribution < -0.4 is 10.1 Å². The van der Waals surface area contributed by atoms with Crippen LogP contribution in [0.5, 0.6) is 5.75 Å². The Kier molecular flexibility index (Phi) is 6.52. The van der Waals surface area contributed by atoms with Gasteiger partial charge in [-0.05, 0) is 50.4 Å². The maximum absolute atomic E-state index is 5.62. The third kappa shape index (κ3) is 5.33. The Morgan fingerprint density at radius 1 is 1.24 bits per heavy atom. The van der Waals surface area contributed by atoms with E-state index in [-0.39, 0.29) is 0 Å². The molecule has 2 rings (SSSR count). The Bertz CT molecular complexity index is 400. The summed E-state index contributed by atoms with van der Waals surface area (Å²) in [5.41, 5.74) is 1.33. The van der Waals surface area contributed by atoms with Gasteiger partial charge < -0.3 is 10.1 Å². The number of nitrogens with one attached hydrogen (secondary N) is 1. The molecule has 1 saturated carbocycles. The number of benzene rings is 1. The molecule has 0 amide bonds. The highest BCUT2D eigenvalue weighted by atomic mass is 16.5. The van der Waals surface area contributed by atoms with Crippen LogP contribution in [0.4, 0.5) is 0 Å². The van der Waals surface area contributed by atoms with Gasteiger partial charge in [-0.25, -0.2) is 0 Å². The first-order chi connectivity index (χ1) is 10.2. The van der Waals surface area contributed by atoms with Crippen molar-refractivity contribution in [2.75, 3.05) is 26.2 Å². The third-order valence-corrected chi connectivity index (χ3v) is 4.17. The van der Waals surface area contributed by atoms with Gasteiger partial charge in [0, 0.05) is 25.2 Å². The first kappa shape index (κ1) is 16.3. The molecule has 1 aromatic rings. The fourth-order valence-electron chi connectivity index (χ4n) is 2.65. The van der Waals surface area contributed by atoms with E-state index in [2.05, 4.69) is 55.3 Å². The molecule has 1 aromatic carbocycles. The first-order valence-corrected chi connectivity index (χ1v) is 8.44. The quantitative estimate of drug-likeness (QED) is 0.712. The number of likely N-dealkylation sites (N-methyl/N-ethyl adjacent to an activating group) is 1. The van der Waals surface area contributed by atoms with Gasteiger partial charge in [-0.3, -0.25) is 4.90 Å². The summed E-state index contributed by atoms with van der Waals surface area (Å²) in [5, 5.41) is 3.63. The van der Waals surface area contributed by atoms with Crippen LogP contribution in [-0.2, 0) is 0 Å². The van der Waals surface area contributed by atoms with Gasteiger partial charge in [0.15, 0.2) is 0 Å². The minimum atomic E-state index is 0.392. The fourth-order valence-corrected chi connectivity index (χ4v) is 2.65. The van der Waals surface area contributed by atoms with Crippen LogP contribution in [-0.4, -0.2) is 37.2 Å². The van der Waals surface area contributed by atoms with E-state index in [0.29, 0.717) is 6.04 Å². The standard InChI is InChI=1S/C18H30N2O/c1-4-14-21-18-10-6-16(7-11-18)15(3)19-12-13-20(5-2)17-8-9-17/h6-7,10-11,15,17,19H,4-5,8-9,12-14H2,1-3H3. The summed E-state index contributed by atoms with van der Waals surface area (Å²) >= 11 is 0. The Morgan fingerprint density at radius 3 is 2.52 bits per heavy atom. The van der Waals surface area contributed by atoms with Crippen molar-refractivity contribution >= 4 is 0 Å². The number of rotatable bonds is 10. The third-order valence-electron chi connectivity index (χ3n) is 4.17. The van der Waals surface area contributed by atoms with Crippen LogP contribution in [0, 0.1) is 0 Å². The normalized spacial score (nSPS) is 16.2. The smallest absolute Gasteiger partial charge is 0.119 e. The SMILES string of the molecule is CCCOc1ccc(C(C)NCCN(CC)C2CC2)cc1. The second-order valence-corrected chi connectivity index (χ2v) is 5.95. The van der Waals surface area contributed by atoms with Crippen molar-refractivity contribution < 1.29 is 4.74 Å². The van der Waals surface area contributed by atoms with Crippen molar-refractivity contribution in [3.63, 3.8) is 0 Å². The lowest BCUT2D eigenvalue weighted by atomic mass is 10.1. The summed E-state index contributed by atoms with van der Waals surface area (Å²) in [5.74, 6) is 0.971. The molecule has 3 nitrogen and oxygen atoms in total. The molecule has 0 radical (unpaired) electrons. The highest BCUT2D eigenvalue weighted by Crippen LogP contribution is 2.26. The van der Waals surface area contributed by atoms with Crippen LogP contribution in [0.25, 0.3) is 0 Å². The molecule has 0 spiro atoms. The minimum Gasteiger partial charge on any atom is -0.494 e. The van der Waals surface area contributed by atoms with Gasteiger partial charge in [-0.15, -0.1) is 0 Å². The molecule has 1 fully saturated rings. The fraction of sp³-hybridized carbons (Fsp3) is 0.667. The molecule has 1 atom stereocenters. The maximum Gasteiger partial charge on any atom is 0.119 e. The zero-order valence-electron chi connectivity index (χ0n) is 13.8.